The Bertz CT molecular complexity index is 534. The van der Waals surface area contributed by atoms with Crippen molar-refractivity contribution in [2.24, 2.45) is 5.92 Å². The number of nitrogens with one attached hydrogen (secondary N) is 1. The van der Waals surface area contributed by atoms with Crippen LogP contribution in [0.4, 0.5) is 0 Å². The Labute approximate surface area is 118 Å². The second-order valence-corrected chi connectivity index (χ2v) is 6.15. The number of nitrogens with zero attached hydrogens (tertiary/aromatic N) is 1. The van der Waals surface area contributed by atoms with E-state index in [9.17, 15) is 0 Å². The zero-order chi connectivity index (χ0) is 13.1. The summed E-state index contributed by atoms with van der Waals surface area (Å²) in [4.78, 5) is 4.55. The zero-order valence-electron chi connectivity index (χ0n) is 11.3. The van der Waals surface area contributed by atoms with Crippen molar-refractivity contribution in [3.63, 3.8) is 0 Å². The topological polar surface area (TPSA) is 34.1 Å². The Hall–Kier alpha value is -0.970. The molecule has 2 aromatic rings. The standard InChI is InChI=1S/C15H20N2OS/c1-16-14(8-11-2-5-18-6-3-11)12-9-15-13(17-10-12)4-7-19-15/h4,7,9-11,14,16H,2-3,5-6,8H2,1H3. The Morgan fingerprint density at radius 3 is 3.11 bits per heavy atom. The quantitative estimate of drug-likeness (QED) is 0.929. The van der Waals surface area contributed by atoms with Gasteiger partial charge in [0.15, 0.2) is 0 Å². The fraction of sp³-hybridized carbons (Fsp3) is 0.533. The number of fused-ring (bicyclic) bond motifs is 1. The van der Waals surface area contributed by atoms with Crippen molar-refractivity contribution in [2.75, 3.05) is 20.3 Å². The molecule has 3 nitrogen and oxygen atoms in total. The highest BCUT2D eigenvalue weighted by molar-refractivity contribution is 7.17. The molecule has 1 aliphatic heterocycles. The average molecular weight is 276 g/mol. The molecule has 0 bridgehead atoms. The predicted molar refractivity (Wildman–Crippen MR) is 79.6 cm³/mol. The summed E-state index contributed by atoms with van der Waals surface area (Å²) in [5.41, 5.74) is 2.42. The van der Waals surface area contributed by atoms with Gasteiger partial charge in [0.2, 0.25) is 0 Å². The molecule has 0 aromatic carbocycles. The molecule has 0 spiro atoms. The molecular weight excluding hydrogens is 256 g/mol. The van der Waals surface area contributed by atoms with Crippen molar-refractivity contribution in [1.82, 2.24) is 10.3 Å². The predicted octanol–water partition coefficient (Wildman–Crippen LogP) is 3.37. The Balaban J connectivity index is 1.76. The molecule has 102 valence electrons. The van der Waals surface area contributed by atoms with E-state index in [1.165, 1.54) is 29.5 Å². The molecule has 2 aromatic heterocycles. The molecule has 0 radical (unpaired) electrons. The van der Waals surface area contributed by atoms with Gasteiger partial charge in [-0.25, -0.2) is 0 Å². The normalized spacial score (nSPS) is 18.8. The monoisotopic (exact) mass is 276 g/mol. The van der Waals surface area contributed by atoms with E-state index < -0.39 is 0 Å². The van der Waals surface area contributed by atoms with Gasteiger partial charge in [0, 0.05) is 25.5 Å². The SMILES string of the molecule is CNC(CC1CCOCC1)c1cnc2ccsc2c1. The third-order valence-corrected chi connectivity index (χ3v) is 4.84. The van der Waals surface area contributed by atoms with Crippen LogP contribution < -0.4 is 5.32 Å². The third kappa shape index (κ3) is 2.96. The van der Waals surface area contributed by atoms with Crippen LogP contribution in [0.15, 0.2) is 23.7 Å². The first-order chi connectivity index (χ1) is 9.36. The van der Waals surface area contributed by atoms with Crippen LogP contribution in [0.1, 0.15) is 30.9 Å². The smallest absolute Gasteiger partial charge is 0.0809 e. The van der Waals surface area contributed by atoms with Gasteiger partial charge in [0.1, 0.15) is 0 Å². The van der Waals surface area contributed by atoms with Gasteiger partial charge in [-0.15, -0.1) is 11.3 Å². The highest BCUT2D eigenvalue weighted by atomic mass is 32.1. The number of hydrogen-bond donors (Lipinski definition) is 1. The van der Waals surface area contributed by atoms with Gasteiger partial charge in [0.25, 0.3) is 0 Å². The van der Waals surface area contributed by atoms with Crippen molar-refractivity contribution in [1.29, 1.82) is 0 Å². The molecule has 0 amide bonds. The van der Waals surface area contributed by atoms with Gasteiger partial charge in [-0.1, -0.05) is 0 Å². The average Bonchev–Trinajstić information content (AvgIpc) is 2.93. The third-order valence-electron chi connectivity index (χ3n) is 3.98. The van der Waals surface area contributed by atoms with Gasteiger partial charge in [0.05, 0.1) is 10.2 Å². The summed E-state index contributed by atoms with van der Waals surface area (Å²) in [5.74, 6) is 0.769. The summed E-state index contributed by atoms with van der Waals surface area (Å²) in [5, 5.41) is 5.55. The van der Waals surface area contributed by atoms with E-state index in [0.717, 1.165) is 24.6 Å². The Morgan fingerprint density at radius 2 is 2.32 bits per heavy atom. The lowest BCUT2D eigenvalue weighted by Gasteiger charge is -2.26. The summed E-state index contributed by atoms with van der Waals surface area (Å²) < 4.78 is 6.72. The fourth-order valence-corrected chi connectivity index (χ4v) is 3.58. The maximum absolute atomic E-state index is 5.44. The summed E-state index contributed by atoms with van der Waals surface area (Å²) in [6, 6.07) is 4.77. The molecule has 3 rings (SSSR count). The maximum Gasteiger partial charge on any atom is 0.0809 e. The van der Waals surface area contributed by atoms with Gasteiger partial charge < -0.3 is 10.1 Å². The van der Waals surface area contributed by atoms with E-state index >= 15 is 0 Å². The number of rotatable bonds is 4. The maximum atomic E-state index is 5.44. The van der Waals surface area contributed by atoms with E-state index in [2.05, 4.69) is 27.8 Å². The van der Waals surface area contributed by atoms with Crippen LogP contribution in [0, 0.1) is 5.92 Å². The van der Waals surface area contributed by atoms with E-state index in [1.54, 1.807) is 11.3 Å². The summed E-state index contributed by atoms with van der Waals surface area (Å²) in [6.07, 6.45) is 5.58. The number of aromatic nitrogens is 1. The van der Waals surface area contributed by atoms with Gasteiger partial charge >= 0.3 is 0 Å². The van der Waals surface area contributed by atoms with Crippen molar-refractivity contribution >= 4 is 21.6 Å². The van der Waals surface area contributed by atoms with Crippen molar-refractivity contribution in [2.45, 2.75) is 25.3 Å². The molecule has 1 atom stereocenters. The van der Waals surface area contributed by atoms with E-state index in [1.807, 2.05) is 13.2 Å². The Kier molecular flexibility index (Phi) is 4.11. The van der Waals surface area contributed by atoms with E-state index in [4.69, 9.17) is 4.74 Å². The highest BCUT2D eigenvalue weighted by Crippen LogP contribution is 2.29. The lowest BCUT2D eigenvalue weighted by molar-refractivity contribution is 0.0608. The minimum atomic E-state index is 0.405. The number of ether oxygens (including phenoxy) is 1. The van der Waals surface area contributed by atoms with Crippen molar-refractivity contribution in [3.05, 3.63) is 29.3 Å². The van der Waals surface area contributed by atoms with Crippen LogP contribution in [0.5, 0.6) is 0 Å². The van der Waals surface area contributed by atoms with E-state index in [0.29, 0.717) is 6.04 Å². The number of pyridine rings is 1. The second-order valence-electron chi connectivity index (χ2n) is 5.21. The molecule has 1 saturated heterocycles. The molecule has 1 aliphatic rings. The first kappa shape index (κ1) is 13.0. The molecule has 1 fully saturated rings. The van der Waals surface area contributed by atoms with E-state index in [-0.39, 0.29) is 0 Å². The summed E-state index contributed by atoms with van der Waals surface area (Å²) >= 11 is 1.77. The van der Waals surface area contributed by atoms with Crippen LogP contribution >= 0.6 is 11.3 Å². The fourth-order valence-electron chi connectivity index (χ4n) is 2.79. The molecule has 19 heavy (non-hydrogen) atoms. The largest absolute Gasteiger partial charge is 0.381 e. The van der Waals surface area contributed by atoms with Crippen LogP contribution in [0.3, 0.4) is 0 Å². The first-order valence-corrected chi connectivity index (χ1v) is 7.83. The van der Waals surface area contributed by atoms with Crippen LogP contribution in [0.2, 0.25) is 0 Å². The first-order valence-electron chi connectivity index (χ1n) is 6.95. The summed E-state index contributed by atoms with van der Waals surface area (Å²) in [7, 11) is 2.04. The summed E-state index contributed by atoms with van der Waals surface area (Å²) in [6.45, 7) is 1.84. The van der Waals surface area contributed by atoms with Gasteiger partial charge in [-0.05, 0) is 55.3 Å². The molecule has 0 saturated carbocycles. The molecular formula is C15H20N2OS. The lowest BCUT2D eigenvalue weighted by atomic mass is 9.90. The zero-order valence-corrected chi connectivity index (χ0v) is 12.1. The lowest BCUT2D eigenvalue weighted by Crippen LogP contribution is -2.24. The van der Waals surface area contributed by atoms with Crippen LogP contribution in [-0.2, 0) is 4.74 Å². The minimum absolute atomic E-state index is 0.405. The number of thiophene rings is 1. The molecule has 3 heterocycles. The second kappa shape index (κ2) is 5.99. The molecule has 4 heteroatoms. The van der Waals surface area contributed by atoms with Crippen molar-refractivity contribution < 1.29 is 4.74 Å². The van der Waals surface area contributed by atoms with Crippen LogP contribution in [-0.4, -0.2) is 25.2 Å². The highest BCUT2D eigenvalue weighted by Gasteiger charge is 2.20. The van der Waals surface area contributed by atoms with Crippen molar-refractivity contribution in [3.8, 4) is 0 Å². The Morgan fingerprint density at radius 1 is 1.47 bits per heavy atom. The number of hydrogen-bond acceptors (Lipinski definition) is 4. The molecule has 0 aliphatic carbocycles. The van der Waals surface area contributed by atoms with Gasteiger partial charge in [-0.3, -0.25) is 4.98 Å². The van der Waals surface area contributed by atoms with Gasteiger partial charge in [-0.2, -0.15) is 0 Å². The van der Waals surface area contributed by atoms with Crippen LogP contribution in [0.25, 0.3) is 10.2 Å². The minimum Gasteiger partial charge on any atom is -0.381 e. The molecule has 1 unspecified atom stereocenters. The molecule has 1 N–H and O–H groups in total.